The van der Waals surface area contributed by atoms with E-state index in [1.54, 1.807) is 30.3 Å². The molecule has 0 spiro atoms. The Hall–Kier alpha value is -1.19. The first kappa shape index (κ1) is 16.2. The molecule has 0 aliphatic carbocycles. The summed E-state index contributed by atoms with van der Waals surface area (Å²) in [6.07, 6.45) is 2.47. The minimum Gasteiger partial charge on any atom is -0.478 e. The molecule has 0 aliphatic heterocycles. The molecule has 2 aromatic carbocycles. The lowest BCUT2D eigenvalue weighted by molar-refractivity contribution is -0.131. The fraction of sp³-hybridized carbons (Fsp3) is 0. The van der Waals surface area contributed by atoms with Crippen molar-refractivity contribution in [3.63, 3.8) is 0 Å². The van der Waals surface area contributed by atoms with Crippen LogP contribution in [0, 0.1) is 0 Å². The predicted molar refractivity (Wildman–Crippen MR) is 88.6 cm³/mol. The Morgan fingerprint density at radius 2 is 1.67 bits per heavy atom. The summed E-state index contributed by atoms with van der Waals surface area (Å²) in [6.45, 7) is 0. The normalized spacial score (nSPS) is 11.0. The summed E-state index contributed by atoms with van der Waals surface area (Å²) in [6, 6.07) is 8.21. The fourth-order valence-electron chi connectivity index (χ4n) is 1.83. The maximum absolute atomic E-state index is 10.7. The number of rotatable bonds is 3. The van der Waals surface area contributed by atoms with Crippen LogP contribution in [0.25, 0.3) is 17.2 Å². The van der Waals surface area contributed by atoms with Crippen LogP contribution in [-0.2, 0) is 4.79 Å². The van der Waals surface area contributed by atoms with Gasteiger partial charge in [-0.3, -0.25) is 0 Å². The van der Waals surface area contributed by atoms with Crippen molar-refractivity contribution in [1.29, 1.82) is 0 Å². The Labute approximate surface area is 141 Å². The molecule has 6 heteroatoms. The minimum atomic E-state index is -1.06. The van der Waals surface area contributed by atoms with Crippen molar-refractivity contribution in [1.82, 2.24) is 0 Å². The van der Waals surface area contributed by atoms with Crippen molar-refractivity contribution in [3.05, 3.63) is 62.1 Å². The quantitative estimate of drug-likeness (QED) is 0.532. The third kappa shape index (κ3) is 3.72. The molecule has 1 N–H and O–H groups in total. The minimum absolute atomic E-state index is 0.288. The van der Waals surface area contributed by atoms with E-state index in [4.69, 9.17) is 51.5 Å². The van der Waals surface area contributed by atoms with Gasteiger partial charge in [-0.2, -0.15) is 0 Å². The van der Waals surface area contributed by atoms with Gasteiger partial charge in [0, 0.05) is 16.7 Å². The molecule has 0 saturated heterocycles. The average Bonchev–Trinajstić information content (AvgIpc) is 2.42. The highest BCUT2D eigenvalue weighted by atomic mass is 35.5. The van der Waals surface area contributed by atoms with Crippen LogP contribution >= 0.6 is 46.4 Å². The van der Waals surface area contributed by atoms with Gasteiger partial charge in [0.25, 0.3) is 0 Å². The third-order valence-electron chi connectivity index (χ3n) is 2.73. The molecule has 0 saturated carbocycles. The maximum atomic E-state index is 10.7. The van der Waals surface area contributed by atoms with Gasteiger partial charge in [0.2, 0.25) is 0 Å². The summed E-state index contributed by atoms with van der Waals surface area (Å²) in [5.74, 6) is -1.06. The zero-order valence-electron chi connectivity index (χ0n) is 10.4. The Balaban J connectivity index is 2.71. The van der Waals surface area contributed by atoms with Gasteiger partial charge in [0.05, 0.1) is 15.1 Å². The van der Waals surface area contributed by atoms with E-state index in [0.29, 0.717) is 31.8 Å². The molecule has 0 heterocycles. The molecule has 0 bridgehead atoms. The zero-order chi connectivity index (χ0) is 15.6. The molecule has 2 rings (SSSR count). The lowest BCUT2D eigenvalue weighted by atomic mass is 9.99. The van der Waals surface area contributed by atoms with Crippen LogP contribution in [0.2, 0.25) is 20.1 Å². The number of carbonyl (C=O) groups is 1. The second-order valence-electron chi connectivity index (χ2n) is 4.12. The summed E-state index contributed by atoms with van der Waals surface area (Å²) >= 11 is 24.5. The average molecular weight is 362 g/mol. The van der Waals surface area contributed by atoms with Crippen molar-refractivity contribution in [2.75, 3.05) is 0 Å². The van der Waals surface area contributed by atoms with E-state index in [1.807, 2.05) is 0 Å². The molecule has 108 valence electrons. The number of carboxylic acid groups (broad SMARTS) is 1. The molecule has 0 fully saturated rings. The van der Waals surface area contributed by atoms with Crippen LogP contribution in [0.3, 0.4) is 0 Å². The topological polar surface area (TPSA) is 37.3 Å². The summed E-state index contributed by atoms with van der Waals surface area (Å²) in [7, 11) is 0. The molecule has 2 nitrogen and oxygen atoms in total. The Morgan fingerprint density at radius 1 is 1.00 bits per heavy atom. The molecule has 0 aliphatic rings. The Morgan fingerprint density at radius 3 is 2.33 bits per heavy atom. The molecule has 2 aromatic rings. The number of benzene rings is 2. The number of carboxylic acids is 1. The van der Waals surface area contributed by atoms with Gasteiger partial charge in [0.1, 0.15) is 0 Å². The number of halogens is 4. The monoisotopic (exact) mass is 360 g/mol. The van der Waals surface area contributed by atoms with Crippen LogP contribution in [0.1, 0.15) is 5.56 Å². The van der Waals surface area contributed by atoms with Crippen LogP contribution < -0.4 is 0 Å². The van der Waals surface area contributed by atoms with Gasteiger partial charge in [-0.15, -0.1) is 0 Å². The predicted octanol–water partition coefficient (Wildman–Crippen LogP) is 6.07. The van der Waals surface area contributed by atoms with Crippen molar-refractivity contribution >= 4 is 58.4 Å². The fourth-order valence-corrected chi connectivity index (χ4v) is 2.73. The summed E-state index contributed by atoms with van der Waals surface area (Å²) in [5, 5.41) is 10.3. The van der Waals surface area contributed by atoms with Crippen molar-refractivity contribution in [3.8, 4) is 11.1 Å². The number of aliphatic carboxylic acids is 1. The summed E-state index contributed by atoms with van der Waals surface area (Å²) < 4.78 is 0. The Bertz CT molecular complexity index is 739. The molecule has 0 atom stereocenters. The lowest BCUT2D eigenvalue weighted by Gasteiger charge is -2.12. The van der Waals surface area contributed by atoms with Gasteiger partial charge < -0.3 is 5.11 Å². The highest BCUT2D eigenvalue weighted by Crippen LogP contribution is 2.41. The molecular weight excluding hydrogens is 354 g/mol. The molecule has 0 aromatic heterocycles. The van der Waals surface area contributed by atoms with Crippen LogP contribution in [0.5, 0.6) is 0 Å². The third-order valence-corrected chi connectivity index (χ3v) is 4.09. The van der Waals surface area contributed by atoms with Crippen molar-refractivity contribution < 1.29 is 9.90 Å². The van der Waals surface area contributed by atoms with E-state index in [0.717, 1.165) is 6.08 Å². The number of hydrogen-bond acceptors (Lipinski definition) is 1. The molecule has 0 amide bonds. The van der Waals surface area contributed by atoms with Crippen LogP contribution in [-0.4, -0.2) is 11.1 Å². The lowest BCUT2D eigenvalue weighted by Crippen LogP contribution is -1.90. The smallest absolute Gasteiger partial charge is 0.328 e. The van der Waals surface area contributed by atoms with E-state index in [9.17, 15) is 4.79 Å². The first-order valence-corrected chi connectivity index (χ1v) is 7.25. The van der Waals surface area contributed by atoms with Gasteiger partial charge in [-0.05, 0) is 41.5 Å². The van der Waals surface area contributed by atoms with Crippen LogP contribution in [0.4, 0.5) is 0 Å². The van der Waals surface area contributed by atoms with E-state index in [1.165, 1.54) is 6.08 Å². The largest absolute Gasteiger partial charge is 0.478 e. The Kier molecular flexibility index (Phi) is 5.17. The van der Waals surface area contributed by atoms with Gasteiger partial charge in [0.15, 0.2) is 0 Å². The second-order valence-corrected chi connectivity index (χ2v) is 5.75. The van der Waals surface area contributed by atoms with Crippen LogP contribution in [0.15, 0.2) is 36.4 Å². The van der Waals surface area contributed by atoms with Gasteiger partial charge >= 0.3 is 5.97 Å². The van der Waals surface area contributed by atoms with Gasteiger partial charge in [-0.1, -0.05) is 52.5 Å². The second kappa shape index (κ2) is 6.71. The summed E-state index contributed by atoms with van der Waals surface area (Å²) in [5.41, 5.74) is 1.74. The van der Waals surface area contributed by atoms with Gasteiger partial charge in [-0.25, -0.2) is 4.79 Å². The zero-order valence-corrected chi connectivity index (χ0v) is 13.4. The van der Waals surface area contributed by atoms with Crippen molar-refractivity contribution in [2.24, 2.45) is 0 Å². The summed E-state index contributed by atoms with van der Waals surface area (Å²) in [4.78, 5) is 10.7. The molecule has 0 unspecified atom stereocenters. The van der Waals surface area contributed by atoms with E-state index in [-0.39, 0.29) is 5.02 Å². The van der Waals surface area contributed by atoms with E-state index >= 15 is 0 Å². The SMILES string of the molecule is O=C(O)/C=C\c1ccc(Cl)cc1-c1c(Cl)ccc(Cl)c1Cl. The first-order chi connectivity index (χ1) is 9.90. The van der Waals surface area contributed by atoms with E-state index in [2.05, 4.69) is 0 Å². The maximum Gasteiger partial charge on any atom is 0.328 e. The molecule has 21 heavy (non-hydrogen) atoms. The molecule has 0 radical (unpaired) electrons. The highest BCUT2D eigenvalue weighted by Gasteiger charge is 2.15. The molecular formula is C15H8Cl4O2. The highest BCUT2D eigenvalue weighted by molar-refractivity contribution is 6.46. The standard InChI is InChI=1S/C15H8Cl4O2/c16-9-3-1-8(2-6-13(20)21)10(7-9)14-11(17)4-5-12(18)15(14)19/h1-7H,(H,20,21)/b6-2-. The number of hydrogen-bond donors (Lipinski definition) is 1. The van der Waals surface area contributed by atoms with E-state index < -0.39 is 5.97 Å². The first-order valence-electron chi connectivity index (χ1n) is 5.74. The van der Waals surface area contributed by atoms with Crippen molar-refractivity contribution in [2.45, 2.75) is 0 Å².